The summed E-state index contributed by atoms with van der Waals surface area (Å²) in [6.07, 6.45) is 3.61. The second-order valence-electron chi connectivity index (χ2n) is 4.35. The summed E-state index contributed by atoms with van der Waals surface area (Å²) in [4.78, 5) is 4.36. The maximum atomic E-state index is 5.89. The number of benzene rings is 1. The van der Waals surface area contributed by atoms with Gasteiger partial charge in [0.05, 0.1) is 11.7 Å². The van der Waals surface area contributed by atoms with Crippen LogP contribution in [0.15, 0.2) is 48.8 Å². The molecule has 0 bridgehead atoms. The molecule has 0 spiro atoms. The second-order valence-corrected chi connectivity index (χ2v) is 4.35. The van der Waals surface area contributed by atoms with Crippen LogP contribution in [0.2, 0.25) is 0 Å². The molecular formula is C14H14N4. The summed E-state index contributed by atoms with van der Waals surface area (Å²) >= 11 is 0. The fraction of sp³-hybridized carbons (Fsp3) is 0.143. The van der Waals surface area contributed by atoms with Crippen LogP contribution in [0.1, 0.15) is 18.5 Å². The standard InChI is InChI=1S/C14H14N4/c1-10(15)11-6-7-16-14(8-11)18-13-5-3-2-4-12(13)9-17-18/h2-10H,15H2,1H3/t10-/m1/s1. The number of nitrogens with zero attached hydrogens (tertiary/aromatic N) is 3. The quantitative estimate of drug-likeness (QED) is 0.746. The lowest BCUT2D eigenvalue weighted by Gasteiger charge is -2.08. The van der Waals surface area contributed by atoms with E-state index in [-0.39, 0.29) is 6.04 Å². The third-order valence-electron chi connectivity index (χ3n) is 2.99. The monoisotopic (exact) mass is 238 g/mol. The second kappa shape index (κ2) is 4.23. The Balaban J connectivity index is 2.17. The van der Waals surface area contributed by atoms with Crippen LogP contribution in [-0.4, -0.2) is 14.8 Å². The molecule has 0 saturated heterocycles. The highest BCUT2D eigenvalue weighted by atomic mass is 15.3. The number of pyridine rings is 1. The van der Waals surface area contributed by atoms with Crippen LogP contribution in [0, 0.1) is 0 Å². The summed E-state index contributed by atoms with van der Waals surface area (Å²) < 4.78 is 1.83. The van der Waals surface area contributed by atoms with Crippen LogP contribution in [0.3, 0.4) is 0 Å². The molecule has 0 fully saturated rings. The van der Waals surface area contributed by atoms with Crippen molar-refractivity contribution in [1.29, 1.82) is 0 Å². The van der Waals surface area contributed by atoms with Gasteiger partial charge in [0.2, 0.25) is 0 Å². The van der Waals surface area contributed by atoms with Crippen molar-refractivity contribution >= 4 is 10.9 Å². The van der Waals surface area contributed by atoms with Crippen molar-refractivity contribution < 1.29 is 0 Å². The largest absolute Gasteiger partial charge is 0.324 e. The molecular weight excluding hydrogens is 224 g/mol. The molecule has 0 radical (unpaired) electrons. The van der Waals surface area contributed by atoms with Gasteiger partial charge in [-0.2, -0.15) is 5.10 Å². The number of fused-ring (bicyclic) bond motifs is 1. The molecule has 2 aromatic heterocycles. The van der Waals surface area contributed by atoms with Gasteiger partial charge in [-0.05, 0) is 30.7 Å². The topological polar surface area (TPSA) is 56.7 Å². The Labute approximate surface area is 105 Å². The molecule has 0 unspecified atom stereocenters. The molecule has 4 heteroatoms. The predicted molar refractivity (Wildman–Crippen MR) is 71.5 cm³/mol. The maximum Gasteiger partial charge on any atom is 0.154 e. The van der Waals surface area contributed by atoms with Gasteiger partial charge in [0.15, 0.2) is 5.82 Å². The van der Waals surface area contributed by atoms with Crippen LogP contribution in [0.5, 0.6) is 0 Å². The Morgan fingerprint density at radius 1 is 1.22 bits per heavy atom. The number of hydrogen-bond acceptors (Lipinski definition) is 3. The first-order valence-corrected chi connectivity index (χ1v) is 5.90. The lowest BCUT2D eigenvalue weighted by Crippen LogP contribution is -2.07. The van der Waals surface area contributed by atoms with Gasteiger partial charge in [-0.3, -0.25) is 0 Å². The van der Waals surface area contributed by atoms with Crippen LogP contribution in [0.4, 0.5) is 0 Å². The van der Waals surface area contributed by atoms with E-state index in [1.807, 2.05) is 54.2 Å². The summed E-state index contributed by atoms with van der Waals surface area (Å²) in [6, 6.07) is 12.0. The molecule has 0 saturated carbocycles. The summed E-state index contributed by atoms with van der Waals surface area (Å²) in [5.41, 5.74) is 7.99. The number of rotatable bonds is 2. The molecule has 18 heavy (non-hydrogen) atoms. The average Bonchev–Trinajstić information content (AvgIpc) is 2.82. The Bertz CT molecular complexity index is 685. The minimum Gasteiger partial charge on any atom is -0.324 e. The molecule has 90 valence electrons. The zero-order valence-electron chi connectivity index (χ0n) is 10.1. The number of aromatic nitrogens is 3. The van der Waals surface area contributed by atoms with Crippen molar-refractivity contribution in [3.63, 3.8) is 0 Å². The third kappa shape index (κ3) is 1.76. The zero-order chi connectivity index (χ0) is 12.5. The fourth-order valence-electron chi connectivity index (χ4n) is 1.99. The highest BCUT2D eigenvalue weighted by Gasteiger charge is 2.07. The molecule has 3 rings (SSSR count). The van der Waals surface area contributed by atoms with Crippen molar-refractivity contribution in [3.05, 3.63) is 54.4 Å². The van der Waals surface area contributed by atoms with E-state index in [2.05, 4.69) is 10.1 Å². The van der Waals surface area contributed by atoms with Crippen molar-refractivity contribution in [1.82, 2.24) is 14.8 Å². The first kappa shape index (κ1) is 10.9. The highest BCUT2D eigenvalue weighted by Crippen LogP contribution is 2.18. The molecule has 3 aromatic rings. The van der Waals surface area contributed by atoms with Gasteiger partial charge in [-0.1, -0.05) is 18.2 Å². The third-order valence-corrected chi connectivity index (χ3v) is 2.99. The lowest BCUT2D eigenvalue weighted by molar-refractivity contribution is 0.802. The Hall–Kier alpha value is -2.20. The van der Waals surface area contributed by atoms with Crippen molar-refractivity contribution in [2.45, 2.75) is 13.0 Å². The van der Waals surface area contributed by atoms with E-state index in [1.54, 1.807) is 6.20 Å². The summed E-state index contributed by atoms with van der Waals surface area (Å²) in [5, 5.41) is 5.48. The zero-order valence-corrected chi connectivity index (χ0v) is 10.1. The van der Waals surface area contributed by atoms with E-state index in [0.29, 0.717) is 0 Å². The Morgan fingerprint density at radius 3 is 2.89 bits per heavy atom. The molecule has 2 heterocycles. The smallest absolute Gasteiger partial charge is 0.154 e. The van der Waals surface area contributed by atoms with Gasteiger partial charge in [-0.15, -0.1) is 0 Å². The van der Waals surface area contributed by atoms with Crippen LogP contribution < -0.4 is 5.73 Å². The number of nitrogens with two attached hydrogens (primary N) is 1. The van der Waals surface area contributed by atoms with Gasteiger partial charge in [0, 0.05) is 17.6 Å². The lowest BCUT2D eigenvalue weighted by atomic mass is 10.1. The molecule has 4 nitrogen and oxygen atoms in total. The van der Waals surface area contributed by atoms with E-state index in [1.165, 1.54) is 0 Å². The number of para-hydroxylation sites is 1. The van der Waals surface area contributed by atoms with E-state index in [9.17, 15) is 0 Å². The van der Waals surface area contributed by atoms with Crippen LogP contribution in [0.25, 0.3) is 16.7 Å². The van der Waals surface area contributed by atoms with Gasteiger partial charge in [-0.25, -0.2) is 9.67 Å². The van der Waals surface area contributed by atoms with Gasteiger partial charge in [0.1, 0.15) is 0 Å². The molecule has 0 aliphatic heterocycles. The van der Waals surface area contributed by atoms with Crippen LogP contribution in [-0.2, 0) is 0 Å². The van der Waals surface area contributed by atoms with E-state index < -0.39 is 0 Å². The van der Waals surface area contributed by atoms with E-state index >= 15 is 0 Å². The first-order chi connectivity index (χ1) is 8.75. The van der Waals surface area contributed by atoms with Crippen molar-refractivity contribution in [2.75, 3.05) is 0 Å². The minimum atomic E-state index is -0.00595. The summed E-state index contributed by atoms with van der Waals surface area (Å²) in [6.45, 7) is 1.96. The average molecular weight is 238 g/mol. The van der Waals surface area contributed by atoms with E-state index in [4.69, 9.17) is 5.73 Å². The SMILES string of the molecule is C[C@@H](N)c1ccnc(-n2ncc3ccccc32)c1. The Kier molecular flexibility index (Phi) is 2.57. The minimum absolute atomic E-state index is 0.00595. The first-order valence-electron chi connectivity index (χ1n) is 5.90. The number of hydrogen-bond donors (Lipinski definition) is 1. The molecule has 1 atom stereocenters. The molecule has 1 aromatic carbocycles. The van der Waals surface area contributed by atoms with Crippen molar-refractivity contribution in [2.24, 2.45) is 5.73 Å². The summed E-state index contributed by atoms with van der Waals surface area (Å²) in [7, 11) is 0. The Morgan fingerprint density at radius 2 is 2.06 bits per heavy atom. The van der Waals surface area contributed by atoms with Gasteiger partial charge < -0.3 is 5.73 Å². The molecule has 0 aliphatic rings. The maximum absolute atomic E-state index is 5.89. The predicted octanol–water partition coefficient (Wildman–Crippen LogP) is 2.44. The van der Waals surface area contributed by atoms with E-state index in [0.717, 1.165) is 22.3 Å². The highest BCUT2D eigenvalue weighted by molar-refractivity contribution is 5.79. The normalized spacial score (nSPS) is 12.8. The molecule has 2 N–H and O–H groups in total. The fourth-order valence-corrected chi connectivity index (χ4v) is 1.99. The van der Waals surface area contributed by atoms with Gasteiger partial charge >= 0.3 is 0 Å². The molecule has 0 aliphatic carbocycles. The summed E-state index contributed by atoms with van der Waals surface area (Å²) in [5.74, 6) is 0.797. The van der Waals surface area contributed by atoms with Crippen LogP contribution >= 0.6 is 0 Å². The van der Waals surface area contributed by atoms with Crippen molar-refractivity contribution in [3.8, 4) is 5.82 Å². The van der Waals surface area contributed by atoms with Gasteiger partial charge in [0.25, 0.3) is 0 Å². The molecule has 0 amide bonds.